The predicted octanol–water partition coefficient (Wildman–Crippen LogP) is 3.47. The molecule has 0 atom stereocenters. The van der Waals surface area contributed by atoms with Crippen molar-refractivity contribution in [2.75, 3.05) is 5.32 Å². The van der Waals surface area contributed by atoms with E-state index in [2.05, 4.69) is 5.32 Å². The van der Waals surface area contributed by atoms with Crippen LogP contribution in [0.25, 0.3) is 0 Å². The van der Waals surface area contributed by atoms with Crippen LogP contribution >= 0.6 is 0 Å². The number of benzene rings is 2. The van der Waals surface area contributed by atoms with Gasteiger partial charge in [-0.3, -0.25) is 4.79 Å². The van der Waals surface area contributed by atoms with Crippen molar-refractivity contribution in [1.82, 2.24) is 0 Å². The third kappa shape index (κ3) is 3.00. The van der Waals surface area contributed by atoms with Gasteiger partial charge in [0.1, 0.15) is 5.82 Å². The van der Waals surface area contributed by atoms with E-state index in [4.69, 9.17) is 5.11 Å². The van der Waals surface area contributed by atoms with E-state index in [-0.39, 0.29) is 17.0 Å². The molecule has 0 aliphatic carbocycles. The zero-order valence-corrected chi connectivity index (χ0v) is 10.7. The van der Waals surface area contributed by atoms with E-state index in [1.165, 1.54) is 37.3 Å². The summed E-state index contributed by atoms with van der Waals surface area (Å²) in [6.07, 6.45) is 0. The lowest BCUT2D eigenvalue weighted by Gasteiger charge is -2.09. The number of halogens is 1. The first-order valence-electron chi connectivity index (χ1n) is 5.88. The SMILES string of the molecule is CC(=O)c1ccc(F)c(Nc2cccc(C(=O)O)c2)c1. The summed E-state index contributed by atoms with van der Waals surface area (Å²) in [6.45, 7) is 1.39. The van der Waals surface area contributed by atoms with Gasteiger partial charge in [-0.1, -0.05) is 6.07 Å². The van der Waals surface area contributed by atoms with Crippen LogP contribution in [0.1, 0.15) is 27.6 Å². The summed E-state index contributed by atoms with van der Waals surface area (Å²) in [4.78, 5) is 22.1. The highest BCUT2D eigenvalue weighted by atomic mass is 19.1. The largest absolute Gasteiger partial charge is 0.478 e. The number of hydrogen-bond acceptors (Lipinski definition) is 3. The Morgan fingerprint density at radius 1 is 1.10 bits per heavy atom. The maximum absolute atomic E-state index is 13.7. The molecule has 0 saturated carbocycles. The number of nitrogens with one attached hydrogen (secondary N) is 1. The molecule has 102 valence electrons. The number of hydrogen-bond donors (Lipinski definition) is 2. The smallest absolute Gasteiger partial charge is 0.335 e. The monoisotopic (exact) mass is 273 g/mol. The van der Waals surface area contributed by atoms with Crippen LogP contribution in [-0.2, 0) is 0 Å². The van der Waals surface area contributed by atoms with Gasteiger partial charge in [-0.05, 0) is 43.3 Å². The quantitative estimate of drug-likeness (QED) is 0.837. The highest BCUT2D eigenvalue weighted by molar-refractivity contribution is 5.95. The molecular formula is C15H12FNO3. The second kappa shape index (κ2) is 5.52. The van der Waals surface area contributed by atoms with Crippen molar-refractivity contribution in [3.8, 4) is 0 Å². The van der Waals surface area contributed by atoms with Gasteiger partial charge in [0.2, 0.25) is 0 Å². The third-order valence-corrected chi connectivity index (χ3v) is 2.76. The Morgan fingerprint density at radius 3 is 2.50 bits per heavy atom. The Labute approximate surface area is 114 Å². The van der Waals surface area contributed by atoms with Gasteiger partial charge in [-0.25, -0.2) is 9.18 Å². The van der Waals surface area contributed by atoms with Gasteiger partial charge in [-0.2, -0.15) is 0 Å². The van der Waals surface area contributed by atoms with Crippen LogP contribution in [0.15, 0.2) is 42.5 Å². The minimum Gasteiger partial charge on any atom is -0.478 e. The summed E-state index contributed by atoms with van der Waals surface area (Å²) in [7, 11) is 0. The van der Waals surface area contributed by atoms with Crippen LogP contribution in [0.4, 0.5) is 15.8 Å². The summed E-state index contributed by atoms with van der Waals surface area (Å²) >= 11 is 0. The van der Waals surface area contributed by atoms with Gasteiger partial charge in [0, 0.05) is 11.3 Å². The number of carbonyl (C=O) groups is 2. The fourth-order valence-electron chi connectivity index (χ4n) is 1.73. The van der Waals surface area contributed by atoms with Crippen LogP contribution in [0, 0.1) is 5.82 Å². The summed E-state index contributed by atoms with van der Waals surface area (Å²) < 4.78 is 13.7. The van der Waals surface area contributed by atoms with Crippen LogP contribution in [0.3, 0.4) is 0 Å². The second-order valence-electron chi connectivity index (χ2n) is 4.26. The van der Waals surface area contributed by atoms with Gasteiger partial charge in [-0.15, -0.1) is 0 Å². The molecule has 0 bridgehead atoms. The lowest BCUT2D eigenvalue weighted by Crippen LogP contribution is -2.00. The maximum Gasteiger partial charge on any atom is 0.335 e. The molecule has 0 fully saturated rings. The standard InChI is InChI=1S/C15H12FNO3/c1-9(18)10-5-6-13(16)14(8-10)17-12-4-2-3-11(7-12)15(19)20/h2-8,17H,1H3,(H,19,20). The first-order chi connectivity index (χ1) is 9.47. The number of ketones is 1. The zero-order chi connectivity index (χ0) is 14.7. The zero-order valence-electron chi connectivity index (χ0n) is 10.7. The molecule has 2 N–H and O–H groups in total. The van der Waals surface area contributed by atoms with Crippen molar-refractivity contribution in [1.29, 1.82) is 0 Å². The molecule has 0 aromatic heterocycles. The van der Waals surface area contributed by atoms with Gasteiger partial charge < -0.3 is 10.4 Å². The highest BCUT2D eigenvalue weighted by Crippen LogP contribution is 2.22. The van der Waals surface area contributed by atoms with Gasteiger partial charge >= 0.3 is 5.97 Å². The molecule has 0 radical (unpaired) electrons. The van der Waals surface area contributed by atoms with Crippen molar-refractivity contribution in [3.05, 3.63) is 59.4 Å². The van der Waals surface area contributed by atoms with Gasteiger partial charge in [0.15, 0.2) is 5.78 Å². The predicted molar refractivity (Wildman–Crippen MR) is 73.1 cm³/mol. The summed E-state index contributed by atoms with van der Waals surface area (Å²) in [5, 5.41) is 11.7. The fourth-order valence-corrected chi connectivity index (χ4v) is 1.73. The molecule has 2 aromatic carbocycles. The van der Waals surface area contributed by atoms with E-state index >= 15 is 0 Å². The van der Waals surface area contributed by atoms with E-state index in [0.717, 1.165) is 0 Å². The Kier molecular flexibility index (Phi) is 3.79. The molecule has 0 heterocycles. The third-order valence-electron chi connectivity index (χ3n) is 2.76. The molecule has 0 saturated heterocycles. The van der Waals surface area contributed by atoms with Crippen molar-refractivity contribution >= 4 is 23.1 Å². The van der Waals surface area contributed by atoms with E-state index in [1.807, 2.05) is 0 Å². The van der Waals surface area contributed by atoms with E-state index in [9.17, 15) is 14.0 Å². The van der Waals surface area contributed by atoms with Crippen molar-refractivity contribution in [3.63, 3.8) is 0 Å². The number of aromatic carboxylic acids is 1. The first-order valence-corrected chi connectivity index (χ1v) is 5.88. The minimum absolute atomic E-state index is 0.0955. The summed E-state index contributed by atoms with van der Waals surface area (Å²) in [6, 6.07) is 9.99. The summed E-state index contributed by atoms with van der Waals surface area (Å²) in [5.41, 5.74) is 1.03. The molecule has 4 nitrogen and oxygen atoms in total. The molecule has 0 spiro atoms. The molecule has 0 aliphatic rings. The van der Waals surface area contributed by atoms with Crippen molar-refractivity contribution in [2.45, 2.75) is 6.92 Å². The number of carboxylic acid groups (broad SMARTS) is 1. The minimum atomic E-state index is -1.06. The van der Waals surface area contributed by atoms with E-state index < -0.39 is 11.8 Å². The molecule has 5 heteroatoms. The molecule has 20 heavy (non-hydrogen) atoms. The molecule has 0 unspecified atom stereocenters. The van der Waals surface area contributed by atoms with Crippen LogP contribution in [0.2, 0.25) is 0 Å². The highest BCUT2D eigenvalue weighted by Gasteiger charge is 2.08. The van der Waals surface area contributed by atoms with E-state index in [1.54, 1.807) is 12.1 Å². The molecule has 0 aliphatic heterocycles. The summed E-state index contributed by atoms with van der Waals surface area (Å²) in [5.74, 6) is -1.75. The average Bonchev–Trinajstić information content (AvgIpc) is 2.41. The Hall–Kier alpha value is -2.69. The van der Waals surface area contributed by atoms with Gasteiger partial charge in [0.05, 0.1) is 11.3 Å². The van der Waals surface area contributed by atoms with Crippen LogP contribution < -0.4 is 5.32 Å². The fraction of sp³-hybridized carbons (Fsp3) is 0.0667. The topological polar surface area (TPSA) is 66.4 Å². The van der Waals surface area contributed by atoms with E-state index in [0.29, 0.717) is 11.3 Å². The second-order valence-corrected chi connectivity index (χ2v) is 4.26. The molecule has 0 amide bonds. The molecular weight excluding hydrogens is 261 g/mol. The number of anilines is 2. The average molecular weight is 273 g/mol. The first kappa shape index (κ1) is 13.7. The van der Waals surface area contributed by atoms with Gasteiger partial charge in [0.25, 0.3) is 0 Å². The van der Waals surface area contributed by atoms with Crippen LogP contribution in [-0.4, -0.2) is 16.9 Å². The normalized spacial score (nSPS) is 10.1. The maximum atomic E-state index is 13.7. The Balaban J connectivity index is 2.34. The lowest BCUT2D eigenvalue weighted by molar-refractivity contribution is 0.0696. The molecule has 2 rings (SSSR count). The van der Waals surface area contributed by atoms with Crippen molar-refractivity contribution in [2.24, 2.45) is 0 Å². The number of Topliss-reactive ketones (excluding diaryl/α,β-unsaturated/α-hetero) is 1. The van der Waals surface area contributed by atoms with Crippen LogP contribution in [0.5, 0.6) is 0 Å². The number of carbonyl (C=O) groups excluding carboxylic acids is 1. The Morgan fingerprint density at radius 2 is 1.85 bits per heavy atom. The Bertz CT molecular complexity index is 683. The number of rotatable bonds is 4. The number of carboxylic acids is 1. The van der Waals surface area contributed by atoms with Crippen molar-refractivity contribution < 1.29 is 19.1 Å². The lowest BCUT2D eigenvalue weighted by atomic mass is 10.1. The molecule has 2 aromatic rings.